The summed E-state index contributed by atoms with van der Waals surface area (Å²) in [7, 11) is 0. The molecule has 0 aromatic rings. The summed E-state index contributed by atoms with van der Waals surface area (Å²) in [5.41, 5.74) is 0. The molecule has 6 unspecified atom stereocenters. The lowest BCUT2D eigenvalue weighted by atomic mass is 9.99. The maximum atomic E-state index is 12.8. The minimum absolute atomic E-state index is 0.209. The fourth-order valence-corrected chi connectivity index (χ4v) is 7.84. The van der Waals surface area contributed by atoms with E-state index in [1.807, 2.05) is 0 Å². The molecule has 1 aliphatic rings. The van der Waals surface area contributed by atoms with Crippen LogP contribution < -0.4 is 0 Å². The van der Waals surface area contributed by atoms with Gasteiger partial charge < -0.3 is 39.4 Å². The van der Waals surface area contributed by atoms with Crippen molar-refractivity contribution in [3.63, 3.8) is 0 Å². The van der Waals surface area contributed by atoms with Crippen molar-refractivity contribution < 1.29 is 49.0 Å². The van der Waals surface area contributed by atoms with E-state index in [-0.39, 0.29) is 32.0 Å². The first-order valence-corrected chi connectivity index (χ1v) is 24.6. The molecule has 0 aliphatic carbocycles. The molecule has 10 heteroatoms. The zero-order valence-electron chi connectivity index (χ0n) is 37.6. The Morgan fingerprint density at radius 3 is 1.17 bits per heavy atom. The first kappa shape index (κ1) is 54.7. The summed E-state index contributed by atoms with van der Waals surface area (Å²) in [6, 6.07) is 0. The molecule has 0 radical (unpaired) electrons. The van der Waals surface area contributed by atoms with Crippen LogP contribution in [0.25, 0.3) is 0 Å². The van der Waals surface area contributed by atoms with E-state index >= 15 is 0 Å². The molecule has 6 atom stereocenters. The smallest absolute Gasteiger partial charge is 0.306 e. The number of carbonyl (C=O) groups excluding carboxylic acids is 2. The van der Waals surface area contributed by atoms with E-state index in [1.54, 1.807) is 0 Å². The highest BCUT2D eigenvalue weighted by Crippen LogP contribution is 2.23. The molecule has 0 aromatic carbocycles. The number of hydrogen-bond acceptors (Lipinski definition) is 10. The quantitative estimate of drug-likeness (QED) is 0.0346. The van der Waals surface area contributed by atoms with Crippen LogP contribution in [0.2, 0.25) is 0 Å². The summed E-state index contributed by atoms with van der Waals surface area (Å²) in [6.45, 7) is 3.45. The second kappa shape index (κ2) is 39.8. The van der Waals surface area contributed by atoms with Crippen molar-refractivity contribution in [3.05, 3.63) is 0 Å². The number of aliphatic hydroxyl groups is 4. The second-order valence-corrected chi connectivity index (χ2v) is 17.3. The largest absolute Gasteiger partial charge is 0.462 e. The van der Waals surface area contributed by atoms with Gasteiger partial charge in [-0.2, -0.15) is 0 Å². The van der Waals surface area contributed by atoms with Crippen molar-refractivity contribution in [3.8, 4) is 0 Å². The van der Waals surface area contributed by atoms with Crippen LogP contribution in [-0.4, -0.2) is 89.0 Å². The van der Waals surface area contributed by atoms with Crippen molar-refractivity contribution in [1.29, 1.82) is 0 Å². The van der Waals surface area contributed by atoms with Crippen molar-refractivity contribution in [2.75, 3.05) is 19.8 Å². The van der Waals surface area contributed by atoms with Crippen LogP contribution in [0.1, 0.15) is 239 Å². The van der Waals surface area contributed by atoms with E-state index in [4.69, 9.17) is 18.9 Å². The van der Waals surface area contributed by atoms with Gasteiger partial charge >= 0.3 is 11.9 Å². The second-order valence-electron chi connectivity index (χ2n) is 17.3. The fourth-order valence-electron chi connectivity index (χ4n) is 7.84. The Hall–Kier alpha value is -1.30. The van der Waals surface area contributed by atoms with Gasteiger partial charge in [0.25, 0.3) is 0 Å². The molecular formula is C48H92O10. The van der Waals surface area contributed by atoms with Crippen LogP contribution in [0, 0.1) is 0 Å². The highest BCUT2D eigenvalue weighted by atomic mass is 16.7. The molecule has 0 amide bonds. The number of carbonyl (C=O) groups is 2. The average molecular weight is 829 g/mol. The topological polar surface area (TPSA) is 152 Å². The van der Waals surface area contributed by atoms with Crippen molar-refractivity contribution in [1.82, 2.24) is 0 Å². The van der Waals surface area contributed by atoms with Crippen LogP contribution in [0.4, 0.5) is 0 Å². The van der Waals surface area contributed by atoms with E-state index in [0.29, 0.717) is 6.42 Å². The number of aliphatic hydroxyl groups excluding tert-OH is 4. The third-order valence-electron chi connectivity index (χ3n) is 11.7. The van der Waals surface area contributed by atoms with Crippen LogP contribution in [-0.2, 0) is 28.5 Å². The first-order chi connectivity index (χ1) is 28.3. The first-order valence-electron chi connectivity index (χ1n) is 24.6. The summed E-state index contributed by atoms with van der Waals surface area (Å²) in [5, 5.41) is 40.1. The van der Waals surface area contributed by atoms with Gasteiger partial charge in [0.2, 0.25) is 0 Å². The van der Waals surface area contributed by atoms with Crippen molar-refractivity contribution in [2.45, 2.75) is 275 Å². The molecule has 0 spiro atoms. The van der Waals surface area contributed by atoms with Gasteiger partial charge in [0.05, 0.1) is 13.2 Å². The van der Waals surface area contributed by atoms with Crippen molar-refractivity contribution >= 4 is 11.9 Å². The molecule has 4 N–H and O–H groups in total. The number of rotatable bonds is 42. The Kier molecular flexibility index (Phi) is 37.6. The molecule has 1 fully saturated rings. The lowest BCUT2D eigenvalue weighted by Crippen LogP contribution is -2.59. The fraction of sp³-hybridized carbons (Fsp3) is 0.958. The number of unbranched alkanes of at least 4 members (excludes halogenated alkanes) is 31. The zero-order chi connectivity index (χ0) is 42.3. The molecule has 1 aliphatic heterocycles. The Balaban J connectivity index is 2.22. The Bertz CT molecular complexity index is 917. The molecule has 1 heterocycles. The molecule has 1 rings (SSSR count). The molecular weight excluding hydrogens is 737 g/mol. The van der Waals surface area contributed by atoms with Gasteiger partial charge in [-0.3, -0.25) is 9.59 Å². The van der Waals surface area contributed by atoms with E-state index in [2.05, 4.69) is 13.8 Å². The zero-order valence-corrected chi connectivity index (χ0v) is 37.6. The van der Waals surface area contributed by atoms with Crippen LogP contribution in [0.15, 0.2) is 0 Å². The monoisotopic (exact) mass is 829 g/mol. The number of esters is 2. The molecule has 0 aromatic heterocycles. The lowest BCUT2D eigenvalue weighted by Gasteiger charge is -2.39. The van der Waals surface area contributed by atoms with Crippen molar-refractivity contribution in [2.24, 2.45) is 0 Å². The lowest BCUT2D eigenvalue weighted by molar-refractivity contribution is -0.305. The Morgan fingerprint density at radius 1 is 0.466 bits per heavy atom. The van der Waals surface area contributed by atoms with Gasteiger partial charge in [-0.25, -0.2) is 0 Å². The molecule has 10 nitrogen and oxygen atoms in total. The van der Waals surface area contributed by atoms with E-state index in [0.717, 1.165) is 32.1 Å². The van der Waals surface area contributed by atoms with Gasteiger partial charge in [-0.15, -0.1) is 0 Å². The maximum absolute atomic E-state index is 12.8. The predicted octanol–water partition coefficient (Wildman–Crippen LogP) is 11.0. The molecule has 58 heavy (non-hydrogen) atoms. The predicted molar refractivity (Wildman–Crippen MR) is 234 cm³/mol. The van der Waals surface area contributed by atoms with Gasteiger partial charge in [0, 0.05) is 12.8 Å². The van der Waals surface area contributed by atoms with E-state index in [9.17, 15) is 30.0 Å². The van der Waals surface area contributed by atoms with E-state index in [1.165, 1.54) is 173 Å². The minimum Gasteiger partial charge on any atom is -0.462 e. The standard InChI is InChI=1S/C48H92O10/c1-3-5-7-9-11-13-15-16-17-18-19-20-21-22-23-24-25-27-29-31-33-35-37-44(51)57-41(40-56-48-47(54)46(53)45(52)42(38-49)58-48)39-55-43(50)36-34-32-30-28-26-14-12-10-8-6-4-2/h41-42,45-49,52-54H,3-40H2,1-2H3. The normalized spacial score (nSPS) is 20.0. The molecule has 1 saturated heterocycles. The van der Waals surface area contributed by atoms with Gasteiger partial charge in [0.1, 0.15) is 31.0 Å². The molecule has 0 saturated carbocycles. The molecule has 0 bridgehead atoms. The summed E-state index contributed by atoms with van der Waals surface area (Å²) in [6.07, 6.45) is 34.1. The average Bonchev–Trinajstić information content (AvgIpc) is 3.22. The van der Waals surface area contributed by atoms with Gasteiger partial charge in [-0.05, 0) is 12.8 Å². The molecule has 344 valence electrons. The van der Waals surface area contributed by atoms with E-state index < -0.39 is 49.4 Å². The Labute approximate surface area is 355 Å². The Morgan fingerprint density at radius 2 is 0.810 bits per heavy atom. The highest BCUT2D eigenvalue weighted by molar-refractivity contribution is 5.70. The summed E-state index contributed by atoms with van der Waals surface area (Å²) in [4.78, 5) is 25.3. The maximum Gasteiger partial charge on any atom is 0.306 e. The summed E-state index contributed by atoms with van der Waals surface area (Å²) in [5.74, 6) is -0.790. The third-order valence-corrected chi connectivity index (χ3v) is 11.7. The number of ether oxygens (including phenoxy) is 4. The highest BCUT2D eigenvalue weighted by Gasteiger charge is 2.44. The van der Waals surface area contributed by atoms with Crippen LogP contribution >= 0.6 is 0 Å². The van der Waals surface area contributed by atoms with Gasteiger partial charge in [0.15, 0.2) is 12.4 Å². The van der Waals surface area contributed by atoms with Crippen LogP contribution in [0.5, 0.6) is 0 Å². The summed E-state index contributed by atoms with van der Waals surface area (Å²) < 4.78 is 22.2. The minimum atomic E-state index is -1.59. The third kappa shape index (κ3) is 30.7. The van der Waals surface area contributed by atoms with Gasteiger partial charge in [-0.1, -0.05) is 213 Å². The number of hydrogen-bond donors (Lipinski definition) is 4. The van der Waals surface area contributed by atoms with Crippen LogP contribution in [0.3, 0.4) is 0 Å². The summed E-state index contributed by atoms with van der Waals surface area (Å²) >= 11 is 0. The SMILES string of the molecule is CCCCCCCCCCCCCCCCCCCCCCCCC(=O)OC(COC(=O)CCCCCCCCCCCCC)COC1OC(CO)C(O)C(O)C1O.